The van der Waals surface area contributed by atoms with Gasteiger partial charge in [-0.2, -0.15) is 0 Å². The number of nitrogens with zero attached hydrogens (tertiary/aromatic N) is 2. The first-order chi connectivity index (χ1) is 8.75. The van der Waals surface area contributed by atoms with Gasteiger partial charge < -0.3 is 9.64 Å². The fourth-order valence-corrected chi connectivity index (χ4v) is 2.42. The lowest BCUT2D eigenvalue weighted by molar-refractivity contribution is -0.127. The Morgan fingerprint density at radius 2 is 1.89 bits per heavy atom. The summed E-state index contributed by atoms with van der Waals surface area (Å²) < 4.78 is 5.29. The van der Waals surface area contributed by atoms with Gasteiger partial charge in [0, 0.05) is 38.8 Å². The van der Waals surface area contributed by atoms with Crippen LogP contribution in [0.15, 0.2) is 12.2 Å². The predicted molar refractivity (Wildman–Crippen MR) is 71.4 cm³/mol. The van der Waals surface area contributed by atoms with Gasteiger partial charge in [-0.05, 0) is 18.8 Å². The molecule has 0 atom stereocenters. The lowest BCUT2D eigenvalue weighted by Gasteiger charge is -2.29. The van der Waals surface area contributed by atoms with Gasteiger partial charge in [0.05, 0.1) is 13.2 Å². The van der Waals surface area contributed by atoms with Crippen molar-refractivity contribution >= 4 is 5.91 Å². The van der Waals surface area contributed by atoms with E-state index in [1.807, 2.05) is 11.0 Å². The molecule has 0 aromatic carbocycles. The molecule has 0 radical (unpaired) electrons. The summed E-state index contributed by atoms with van der Waals surface area (Å²) in [5.41, 5.74) is 0. The van der Waals surface area contributed by atoms with Gasteiger partial charge in [-0.1, -0.05) is 13.0 Å². The number of amides is 1. The van der Waals surface area contributed by atoms with Crippen molar-refractivity contribution in [3.8, 4) is 0 Å². The zero-order valence-electron chi connectivity index (χ0n) is 11.3. The fourth-order valence-electron chi connectivity index (χ4n) is 2.42. The molecule has 0 spiro atoms. The van der Waals surface area contributed by atoms with E-state index in [0.29, 0.717) is 0 Å². The van der Waals surface area contributed by atoms with Crippen LogP contribution in [0, 0.1) is 5.92 Å². The van der Waals surface area contributed by atoms with E-state index in [2.05, 4.69) is 11.8 Å². The van der Waals surface area contributed by atoms with Crippen LogP contribution in [0.3, 0.4) is 0 Å². The van der Waals surface area contributed by atoms with Crippen molar-refractivity contribution in [2.45, 2.75) is 19.8 Å². The van der Waals surface area contributed by atoms with Crippen LogP contribution in [0.5, 0.6) is 0 Å². The highest BCUT2D eigenvalue weighted by molar-refractivity contribution is 5.87. The van der Waals surface area contributed by atoms with E-state index in [4.69, 9.17) is 4.74 Å². The van der Waals surface area contributed by atoms with Crippen LogP contribution in [0.1, 0.15) is 19.8 Å². The van der Waals surface area contributed by atoms with Crippen molar-refractivity contribution < 1.29 is 9.53 Å². The molecule has 2 aliphatic rings. The monoisotopic (exact) mass is 252 g/mol. The summed E-state index contributed by atoms with van der Waals surface area (Å²) >= 11 is 0. The van der Waals surface area contributed by atoms with Gasteiger partial charge in [0.1, 0.15) is 0 Å². The van der Waals surface area contributed by atoms with Gasteiger partial charge in [-0.15, -0.1) is 0 Å². The van der Waals surface area contributed by atoms with E-state index in [1.165, 1.54) is 0 Å². The molecule has 0 N–H and O–H groups in total. The molecular weight excluding hydrogens is 228 g/mol. The van der Waals surface area contributed by atoms with Crippen molar-refractivity contribution in [3.05, 3.63) is 12.2 Å². The van der Waals surface area contributed by atoms with Crippen molar-refractivity contribution in [2.75, 3.05) is 45.9 Å². The molecule has 0 bridgehead atoms. The van der Waals surface area contributed by atoms with Crippen molar-refractivity contribution in [1.82, 2.24) is 9.80 Å². The van der Waals surface area contributed by atoms with Gasteiger partial charge in [0.25, 0.3) is 0 Å². The molecule has 4 nitrogen and oxygen atoms in total. The highest BCUT2D eigenvalue weighted by Gasteiger charge is 2.18. The molecule has 2 saturated heterocycles. The molecule has 0 aromatic heterocycles. The molecular formula is C14H24N2O2. The third kappa shape index (κ3) is 4.10. The van der Waals surface area contributed by atoms with Crippen LogP contribution in [-0.4, -0.2) is 61.6 Å². The molecule has 2 rings (SSSR count). The Bertz CT molecular complexity index is 290. The Kier molecular flexibility index (Phi) is 5.20. The van der Waals surface area contributed by atoms with Crippen LogP contribution in [-0.2, 0) is 9.53 Å². The zero-order valence-corrected chi connectivity index (χ0v) is 11.3. The summed E-state index contributed by atoms with van der Waals surface area (Å²) in [5.74, 6) is 0.946. The molecule has 0 aromatic rings. The van der Waals surface area contributed by atoms with Gasteiger partial charge >= 0.3 is 0 Å². The first-order valence-electron chi connectivity index (χ1n) is 7.01. The second-order valence-corrected chi connectivity index (χ2v) is 5.32. The normalized spacial score (nSPS) is 23.7. The maximum absolute atomic E-state index is 11.9. The number of carbonyl (C=O) groups is 1. The van der Waals surface area contributed by atoms with Gasteiger partial charge in [0.15, 0.2) is 0 Å². The van der Waals surface area contributed by atoms with E-state index in [9.17, 15) is 4.79 Å². The molecule has 102 valence electrons. The topological polar surface area (TPSA) is 32.8 Å². The third-order valence-electron chi connectivity index (χ3n) is 3.82. The Hall–Kier alpha value is -0.870. The molecule has 18 heavy (non-hydrogen) atoms. The summed E-state index contributed by atoms with van der Waals surface area (Å²) in [6.45, 7) is 8.52. The Labute approximate surface area is 110 Å². The number of rotatable bonds is 3. The number of likely N-dealkylation sites (tertiary alicyclic amines) is 1. The number of ether oxygens (including phenoxy) is 1. The second-order valence-electron chi connectivity index (χ2n) is 5.32. The Morgan fingerprint density at radius 3 is 2.56 bits per heavy atom. The summed E-state index contributed by atoms with van der Waals surface area (Å²) in [6, 6.07) is 0. The quantitative estimate of drug-likeness (QED) is 0.706. The smallest absolute Gasteiger partial charge is 0.246 e. The number of hydrogen-bond donors (Lipinski definition) is 0. The van der Waals surface area contributed by atoms with E-state index < -0.39 is 0 Å². The first-order valence-corrected chi connectivity index (χ1v) is 7.01. The molecule has 1 amide bonds. The SMILES string of the molecule is CC1CCN(C(=O)C=CCN2CCOCC2)CC1. The van der Waals surface area contributed by atoms with Crippen molar-refractivity contribution in [3.63, 3.8) is 0 Å². The highest BCUT2D eigenvalue weighted by atomic mass is 16.5. The van der Waals surface area contributed by atoms with E-state index in [-0.39, 0.29) is 5.91 Å². The minimum atomic E-state index is 0.176. The minimum absolute atomic E-state index is 0.176. The summed E-state index contributed by atoms with van der Waals surface area (Å²) in [4.78, 5) is 16.2. The molecule has 2 aliphatic heterocycles. The molecule has 2 heterocycles. The van der Waals surface area contributed by atoms with Crippen LogP contribution in [0.2, 0.25) is 0 Å². The van der Waals surface area contributed by atoms with Gasteiger partial charge in [-0.25, -0.2) is 0 Å². The molecule has 4 heteroatoms. The minimum Gasteiger partial charge on any atom is -0.379 e. The second kappa shape index (κ2) is 6.90. The first kappa shape index (κ1) is 13.6. The zero-order chi connectivity index (χ0) is 12.8. The van der Waals surface area contributed by atoms with Crippen LogP contribution < -0.4 is 0 Å². The van der Waals surface area contributed by atoms with Crippen molar-refractivity contribution in [1.29, 1.82) is 0 Å². The molecule has 2 fully saturated rings. The summed E-state index contributed by atoms with van der Waals surface area (Å²) in [7, 11) is 0. The summed E-state index contributed by atoms with van der Waals surface area (Å²) in [5, 5.41) is 0. The number of piperidine rings is 1. The van der Waals surface area contributed by atoms with Gasteiger partial charge in [-0.3, -0.25) is 9.69 Å². The fraction of sp³-hybridized carbons (Fsp3) is 0.786. The predicted octanol–water partition coefficient (Wildman–Crippen LogP) is 1.13. The number of carbonyl (C=O) groups excluding carboxylic acids is 1. The van der Waals surface area contributed by atoms with Crippen LogP contribution in [0.25, 0.3) is 0 Å². The summed E-state index contributed by atoms with van der Waals surface area (Å²) in [6.07, 6.45) is 6.02. The van der Waals surface area contributed by atoms with E-state index >= 15 is 0 Å². The van der Waals surface area contributed by atoms with Crippen molar-refractivity contribution in [2.24, 2.45) is 5.92 Å². The largest absolute Gasteiger partial charge is 0.379 e. The molecule has 0 saturated carbocycles. The van der Waals surface area contributed by atoms with Crippen LogP contribution in [0.4, 0.5) is 0 Å². The molecule has 0 aliphatic carbocycles. The average molecular weight is 252 g/mol. The standard InChI is InChI=1S/C14H24N2O2/c1-13-4-7-16(8-5-13)14(17)3-2-6-15-9-11-18-12-10-15/h2-3,13H,4-12H2,1H3. The third-order valence-corrected chi connectivity index (χ3v) is 3.82. The van der Waals surface area contributed by atoms with Gasteiger partial charge in [0.2, 0.25) is 5.91 Å². The molecule has 0 unspecified atom stereocenters. The Balaban J connectivity index is 1.69. The maximum Gasteiger partial charge on any atom is 0.246 e. The maximum atomic E-state index is 11.9. The van der Waals surface area contributed by atoms with Crippen LogP contribution >= 0.6 is 0 Å². The Morgan fingerprint density at radius 1 is 1.22 bits per heavy atom. The number of morpholine rings is 1. The lowest BCUT2D eigenvalue weighted by Crippen LogP contribution is -2.38. The highest BCUT2D eigenvalue weighted by Crippen LogP contribution is 2.16. The van der Waals surface area contributed by atoms with E-state index in [1.54, 1.807) is 6.08 Å². The number of hydrogen-bond acceptors (Lipinski definition) is 3. The lowest BCUT2D eigenvalue weighted by atomic mass is 9.99. The average Bonchev–Trinajstić information content (AvgIpc) is 2.40. The van der Waals surface area contributed by atoms with E-state index in [0.717, 1.165) is 64.7 Å².